The molecule has 7 nitrogen and oxygen atoms in total. The van der Waals surface area contributed by atoms with Crippen molar-refractivity contribution < 1.29 is 17.9 Å². The van der Waals surface area contributed by atoms with Gasteiger partial charge in [0.2, 0.25) is 10.0 Å². The molecule has 1 N–H and O–H groups in total. The summed E-state index contributed by atoms with van der Waals surface area (Å²) in [4.78, 5) is 4.68. The smallest absolute Gasteiger partial charge is 0.241 e. The zero-order chi connectivity index (χ0) is 18.1. The first-order valence-corrected chi connectivity index (χ1v) is 9.90. The normalized spacial score (nSPS) is 13.9. The van der Waals surface area contributed by atoms with E-state index in [4.69, 9.17) is 9.47 Å². The summed E-state index contributed by atoms with van der Waals surface area (Å²) in [5, 5.41) is 0. The van der Waals surface area contributed by atoms with Crippen molar-refractivity contribution in [1.82, 2.24) is 14.3 Å². The second-order valence-corrected chi connectivity index (χ2v) is 7.66. The lowest BCUT2D eigenvalue weighted by Crippen LogP contribution is -2.25. The molecule has 0 atom stereocenters. The Labute approximate surface area is 151 Å². The standard InChI is InChI=1S/C18H19N3O4S/c1-2-21-15-6-4-3-5-14(15)20-18(21)12-19-26(22,23)13-7-8-16-17(11-13)25-10-9-24-16/h3-8,11,19H,2,9-10,12H2,1H3. The fraction of sp³-hybridized carbons (Fsp3) is 0.278. The molecule has 1 aliphatic heterocycles. The molecule has 0 fully saturated rings. The molecular formula is C18H19N3O4S. The van der Waals surface area contributed by atoms with Gasteiger partial charge in [-0.05, 0) is 31.2 Å². The zero-order valence-electron chi connectivity index (χ0n) is 14.3. The van der Waals surface area contributed by atoms with E-state index >= 15 is 0 Å². The molecule has 136 valence electrons. The summed E-state index contributed by atoms with van der Waals surface area (Å²) >= 11 is 0. The van der Waals surface area contributed by atoms with E-state index in [1.165, 1.54) is 12.1 Å². The van der Waals surface area contributed by atoms with Crippen LogP contribution in [0.25, 0.3) is 11.0 Å². The summed E-state index contributed by atoms with van der Waals surface area (Å²) in [6.07, 6.45) is 0. The summed E-state index contributed by atoms with van der Waals surface area (Å²) in [6.45, 7) is 3.70. The molecule has 26 heavy (non-hydrogen) atoms. The quantitative estimate of drug-likeness (QED) is 0.742. The fourth-order valence-corrected chi connectivity index (χ4v) is 4.04. The SMILES string of the molecule is CCn1c(CNS(=O)(=O)c2ccc3c(c2)OCCO3)nc2ccccc21. The van der Waals surface area contributed by atoms with Gasteiger partial charge in [-0.25, -0.2) is 18.1 Å². The molecular weight excluding hydrogens is 354 g/mol. The number of nitrogens with zero attached hydrogens (tertiary/aromatic N) is 2. The molecule has 8 heteroatoms. The summed E-state index contributed by atoms with van der Waals surface area (Å²) in [6, 6.07) is 12.4. The number of benzene rings is 2. The van der Waals surface area contributed by atoms with Crippen molar-refractivity contribution in [2.24, 2.45) is 0 Å². The zero-order valence-corrected chi connectivity index (χ0v) is 15.1. The van der Waals surface area contributed by atoms with Crippen LogP contribution >= 0.6 is 0 Å². The predicted molar refractivity (Wildman–Crippen MR) is 96.9 cm³/mol. The van der Waals surface area contributed by atoms with Gasteiger partial charge in [-0.2, -0.15) is 0 Å². The Morgan fingerprint density at radius 3 is 2.69 bits per heavy atom. The maximum absolute atomic E-state index is 12.7. The largest absolute Gasteiger partial charge is 0.486 e. The number of hydrogen-bond acceptors (Lipinski definition) is 5. The average Bonchev–Trinajstić information content (AvgIpc) is 3.03. The minimum absolute atomic E-state index is 0.110. The lowest BCUT2D eigenvalue weighted by molar-refractivity contribution is 0.171. The Morgan fingerprint density at radius 1 is 1.12 bits per heavy atom. The highest BCUT2D eigenvalue weighted by atomic mass is 32.2. The Bertz CT molecular complexity index is 1060. The highest BCUT2D eigenvalue weighted by Gasteiger charge is 2.20. The molecule has 0 spiro atoms. The second kappa shape index (κ2) is 6.62. The number of hydrogen-bond donors (Lipinski definition) is 1. The molecule has 0 saturated carbocycles. The van der Waals surface area contributed by atoms with Crippen LogP contribution in [-0.4, -0.2) is 31.2 Å². The number of ether oxygens (including phenoxy) is 2. The third-order valence-corrected chi connectivity index (χ3v) is 5.69. The van der Waals surface area contributed by atoms with Crippen LogP contribution in [0.1, 0.15) is 12.7 Å². The van der Waals surface area contributed by atoms with Crippen molar-refractivity contribution in [2.75, 3.05) is 13.2 Å². The molecule has 3 aromatic rings. The van der Waals surface area contributed by atoms with Gasteiger partial charge in [-0.3, -0.25) is 0 Å². The van der Waals surface area contributed by atoms with E-state index in [2.05, 4.69) is 9.71 Å². The molecule has 0 radical (unpaired) electrons. The number of rotatable bonds is 5. The van der Waals surface area contributed by atoms with Gasteiger partial charge in [0.05, 0.1) is 22.5 Å². The molecule has 0 bridgehead atoms. The van der Waals surface area contributed by atoms with Gasteiger partial charge in [0.15, 0.2) is 11.5 Å². The maximum Gasteiger partial charge on any atom is 0.241 e. The molecule has 0 amide bonds. The Hall–Kier alpha value is -2.58. The predicted octanol–water partition coefficient (Wildman–Crippen LogP) is 2.31. The number of fused-ring (bicyclic) bond motifs is 2. The maximum atomic E-state index is 12.7. The fourth-order valence-electron chi connectivity index (χ4n) is 3.05. The highest BCUT2D eigenvalue weighted by Crippen LogP contribution is 2.32. The molecule has 4 rings (SSSR count). The molecule has 0 saturated heterocycles. The van der Waals surface area contributed by atoms with Crippen LogP contribution < -0.4 is 14.2 Å². The summed E-state index contributed by atoms with van der Waals surface area (Å²) in [7, 11) is -3.69. The van der Waals surface area contributed by atoms with Gasteiger partial charge in [-0.15, -0.1) is 0 Å². The van der Waals surface area contributed by atoms with Crippen molar-refractivity contribution >= 4 is 21.1 Å². The second-order valence-electron chi connectivity index (χ2n) is 5.89. The van der Waals surface area contributed by atoms with Crippen LogP contribution in [0.15, 0.2) is 47.4 Å². The van der Waals surface area contributed by atoms with Crippen LogP contribution in [0, 0.1) is 0 Å². The van der Waals surface area contributed by atoms with Gasteiger partial charge >= 0.3 is 0 Å². The molecule has 0 aliphatic carbocycles. The number of aryl methyl sites for hydroxylation is 1. The van der Waals surface area contributed by atoms with E-state index in [9.17, 15) is 8.42 Å². The molecule has 2 aromatic carbocycles. The molecule has 1 aliphatic rings. The lowest BCUT2D eigenvalue weighted by Gasteiger charge is -2.19. The minimum atomic E-state index is -3.69. The highest BCUT2D eigenvalue weighted by molar-refractivity contribution is 7.89. The number of para-hydroxylation sites is 2. The van der Waals surface area contributed by atoms with E-state index in [0.29, 0.717) is 37.1 Å². The summed E-state index contributed by atoms with van der Waals surface area (Å²) < 4.78 is 40.8. The van der Waals surface area contributed by atoms with Gasteiger partial charge in [0.1, 0.15) is 19.0 Å². The minimum Gasteiger partial charge on any atom is -0.486 e. The van der Waals surface area contributed by atoms with E-state index in [1.807, 2.05) is 35.8 Å². The monoisotopic (exact) mass is 373 g/mol. The number of aromatic nitrogens is 2. The van der Waals surface area contributed by atoms with Gasteiger partial charge in [0, 0.05) is 12.6 Å². The third kappa shape index (κ3) is 3.02. The number of imidazole rings is 1. The summed E-state index contributed by atoms with van der Waals surface area (Å²) in [5.41, 5.74) is 1.84. The van der Waals surface area contributed by atoms with Gasteiger partial charge < -0.3 is 14.0 Å². The van der Waals surface area contributed by atoms with Crippen LogP contribution in [0.5, 0.6) is 11.5 Å². The van der Waals surface area contributed by atoms with Gasteiger partial charge in [0.25, 0.3) is 0 Å². The van der Waals surface area contributed by atoms with Gasteiger partial charge in [-0.1, -0.05) is 12.1 Å². The van der Waals surface area contributed by atoms with Crippen molar-refractivity contribution in [3.8, 4) is 11.5 Å². The van der Waals surface area contributed by atoms with E-state index in [0.717, 1.165) is 11.0 Å². The third-order valence-electron chi connectivity index (χ3n) is 4.29. The molecule has 1 aromatic heterocycles. The first-order valence-electron chi connectivity index (χ1n) is 8.42. The van der Waals surface area contributed by atoms with Crippen LogP contribution in [-0.2, 0) is 23.1 Å². The Morgan fingerprint density at radius 2 is 1.88 bits per heavy atom. The van der Waals surface area contributed by atoms with Crippen LogP contribution in [0.2, 0.25) is 0 Å². The first-order chi connectivity index (χ1) is 12.6. The van der Waals surface area contributed by atoms with Crippen LogP contribution in [0.4, 0.5) is 0 Å². The van der Waals surface area contributed by atoms with Crippen molar-refractivity contribution in [2.45, 2.75) is 24.9 Å². The van der Waals surface area contributed by atoms with Crippen molar-refractivity contribution in [3.05, 3.63) is 48.3 Å². The van der Waals surface area contributed by atoms with E-state index in [-0.39, 0.29) is 11.4 Å². The molecule has 2 heterocycles. The van der Waals surface area contributed by atoms with Crippen molar-refractivity contribution in [1.29, 1.82) is 0 Å². The Kier molecular flexibility index (Phi) is 4.29. The van der Waals surface area contributed by atoms with E-state index in [1.54, 1.807) is 6.07 Å². The molecule has 0 unspecified atom stereocenters. The van der Waals surface area contributed by atoms with Crippen molar-refractivity contribution in [3.63, 3.8) is 0 Å². The van der Waals surface area contributed by atoms with E-state index < -0.39 is 10.0 Å². The first kappa shape index (κ1) is 16.9. The average molecular weight is 373 g/mol. The number of nitrogens with one attached hydrogen (secondary N) is 1. The number of sulfonamides is 1. The Balaban J connectivity index is 1.59. The van der Waals surface area contributed by atoms with Crippen LogP contribution in [0.3, 0.4) is 0 Å². The topological polar surface area (TPSA) is 82.5 Å². The lowest BCUT2D eigenvalue weighted by atomic mass is 10.3. The summed E-state index contributed by atoms with van der Waals surface area (Å²) in [5.74, 6) is 1.68.